The van der Waals surface area contributed by atoms with E-state index >= 15 is 0 Å². The number of hydrogen-bond donors (Lipinski definition) is 2. The third-order valence-corrected chi connectivity index (χ3v) is 4.03. The van der Waals surface area contributed by atoms with Crippen LogP contribution in [-0.2, 0) is 22.9 Å². The summed E-state index contributed by atoms with van der Waals surface area (Å²) >= 11 is 0. The molecular weight excluding hydrogens is 304 g/mol. The summed E-state index contributed by atoms with van der Waals surface area (Å²) in [6, 6.07) is 6.24. The van der Waals surface area contributed by atoms with E-state index in [2.05, 4.69) is 9.97 Å². The van der Waals surface area contributed by atoms with Crippen molar-refractivity contribution in [2.24, 2.45) is 10.9 Å². The molecule has 2 aromatic rings. The lowest BCUT2D eigenvalue weighted by molar-refractivity contribution is 0.0994. The number of aromatic nitrogens is 2. The van der Waals surface area contributed by atoms with Crippen LogP contribution in [0.1, 0.15) is 27.4 Å². The number of carbonyl (C=O) groups is 1. The van der Waals surface area contributed by atoms with Crippen LogP contribution in [0.25, 0.3) is 0 Å². The Morgan fingerprint density at radius 1 is 1.18 bits per heavy atom. The summed E-state index contributed by atoms with van der Waals surface area (Å²) in [7, 11) is -3.69. The number of nitrogens with zero attached hydrogens (tertiary/aromatic N) is 2. The number of carbonyl (C=O) groups excluding carboxylic acids is 1. The Labute approximate surface area is 128 Å². The van der Waals surface area contributed by atoms with E-state index in [4.69, 9.17) is 10.9 Å². The molecule has 22 heavy (non-hydrogen) atoms. The second kappa shape index (κ2) is 6.20. The van der Waals surface area contributed by atoms with Crippen molar-refractivity contribution >= 4 is 15.9 Å². The van der Waals surface area contributed by atoms with E-state index < -0.39 is 15.9 Å². The van der Waals surface area contributed by atoms with Crippen molar-refractivity contribution in [3.05, 3.63) is 53.1 Å². The van der Waals surface area contributed by atoms with Gasteiger partial charge in [0.2, 0.25) is 10.0 Å². The smallest absolute Gasteiger partial charge is 0.269 e. The Hall–Kier alpha value is -2.32. The number of aryl methyl sites for hydroxylation is 3. The lowest BCUT2D eigenvalue weighted by Crippen LogP contribution is -2.18. The molecule has 8 heteroatoms. The molecule has 0 saturated carbocycles. The van der Waals surface area contributed by atoms with Gasteiger partial charge < -0.3 is 5.73 Å². The first kappa shape index (κ1) is 16.1. The van der Waals surface area contributed by atoms with Crippen molar-refractivity contribution < 1.29 is 13.2 Å². The second-order valence-corrected chi connectivity index (χ2v) is 6.42. The number of amides is 1. The predicted molar refractivity (Wildman–Crippen MR) is 80.5 cm³/mol. The fraction of sp³-hybridized carbons (Fsp3) is 0.214. The van der Waals surface area contributed by atoms with E-state index in [1.54, 1.807) is 19.1 Å². The van der Waals surface area contributed by atoms with Crippen molar-refractivity contribution in [3.8, 4) is 0 Å². The largest absolute Gasteiger partial charge is 0.364 e. The zero-order chi connectivity index (χ0) is 16.3. The van der Waals surface area contributed by atoms with Gasteiger partial charge >= 0.3 is 0 Å². The van der Waals surface area contributed by atoms with Gasteiger partial charge in [-0.2, -0.15) is 0 Å². The molecule has 0 spiro atoms. The van der Waals surface area contributed by atoms with Gasteiger partial charge in [0.25, 0.3) is 5.91 Å². The standard InChI is InChI=1S/C14H16N4O3S/c1-9-8-17-13(14(15)19)12(18-9)7-4-10-2-5-11(6-3-10)22(16,20)21/h2-3,5-6,8H,4,7H2,1H3,(H2,15,19)(H2,16,20,21). The summed E-state index contributed by atoms with van der Waals surface area (Å²) < 4.78 is 22.4. The maximum Gasteiger partial charge on any atom is 0.269 e. The van der Waals surface area contributed by atoms with Gasteiger partial charge in [-0.3, -0.25) is 9.78 Å². The molecule has 1 heterocycles. The SMILES string of the molecule is Cc1cnc(C(N)=O)c(CCc2ccc(S(N)(=O)=O)cc2)n1. The average molecular weight is 320 g/mol. The molecule has 1 aromatic heterocycles. The number of hydrogen-bond acceptors (Lipinski definition) is 5. The van der Waals surface area contributed by atoms with Crippen LogP contribution in [-0.4, -0.2) is 24.3 Å². The topological polar surface area (TPSA) is 129 Å². The Morgan fingerprint density at radius 2 is 1.82 bits per heavy atom. The average Bonchev–Trinajstić information content (AvgIpc) is 2.44. The quantitative estimate of drug-likeness (QED) is 0.819. The number of primary amides is 1. The molecule has 4 N–H and O–H groups in total. The highest BCUT2D eigenvalue weighted by molar-refractivity contribution is 7.89. The Balaban J connectivity index is 2.17. The van der Waals surface area contributed by atoms with Crippen LogP contribution in [0.15, 0.2) is 35.4 Å². The summed E-state index contributed by atoms with van der Waals surface area (Å²) in [4.78, 5) is 19.7. The first-order valence-corrected chi connectivity index (χ1v) is 8.06. The number of primary sulfonamides is 1. The summed E-state index contributed by atoms with van der Waals surface area (Å²) in [6.45, 7) is 1.78. The van der Waals surface area contributed by atoms with Crippen LogP contribution in [0.2, 0.25) is 0 Å². The van der Waals surface area contributed by atoms with Crippen LogP contribution in [0.3, 0.4) is 0 Å². The molecule has 2 rings (SSSR count). The van der Waals surface area contributed by atoms with Crippen molar-refractivity contribution in [2.75, 3.05) is 0 Å². The number of sulfonamides is 1. The predicted octanol–water partition coefficient (Wildman–Crippen LogP) is 0.317. The molecule has 7 nitrogen and oxygen atoms in total. The molecule has 0 aliphatic heterocycles. The normalized spacial score (nSPS) is 11.4. The van der Waals surface area contributed by atoms with Gasteiger partial charge in [0.15, 0.2) is 0 Å². The van der Waals surface area contributed by atoms with Crippen LogP contribution in [0, 0.1) is 6.92 Å². The van der Waals surface area contributed by atoms with Crippen molar-refractivity contribution in [1.29, 1.82) is 0 Å². The molecule has 0 aliphatic carbocycles. The van der Waals surface area contributed by atoms with Gasteiger partial charge in [-0.1, -0.05) is 12.1 Å². The minimum Gasteiger partial charge on any atom is -0.364 e. The van der Waals surface area contributed by atoms with Crippen LogP contribution < -0.4 is 10.9 Å². The summed E-state index contributed by atoms with van der Waals surface area (Å²) in [5.74, 6) is -0.618. The molecule has 0 fully saturated rings. The molecule has 0 unspecified atom stereocenters. The first-order chi connectivity index (χ1) is 10.3. The minimum atomic E-state index is -3.69. The highest BCUT2D eigenvalue weighted by Gasteiger charge is 2.12. The van der Waals surface area contributed by atoms with Gasteiger partial charge in [0.05, 0.1) is 16.3 Å². The van der Waals surface area contributed by atoms with E-state index in [9.17, 15) is 13.2 Å². The molecule has 0 bridgehead atoms. The molecule has 0 saturated heterocycles. The Bertz CT molecular complexity index is 801. The van der Waals surface area contributed by atoms with Gasteiger partial charge in [0, 0.05) is 6.20 Å². The molecule has 0 aliphatic rings. The maximum atomic E-state index is 11.3. The second-order valence-electron chi connectivity index (χ2n) is 4.86. The molecule has 0 radical (unpaired) electrons. The summed E-state index contributed by atoms with van der Waals surface area (Å²) in [5.41, 5.74) is 7.56. The van der Waals surface area contributed by atoms with Gasteiger partial charge in [-0.05, 0) is 37.5 Å². The summed E-state index contributed by atoms with van der Waals surface area (Å²) in [6.07, 6.45) is 2.54. The number of benzene rings is 1. The Morgan fingerprint density at radius 3 is 2.36 bits per heavy atom. The molecule has 0 atom stereocenters. The maximum absolute atomic E-state index is 11.3. The highest BCUT2D eigenvalue weighted by atomic mass is 32.2. The fourth-order valence-corrected chi connectivity index (χ4v) is 2.53. The fourth-order valence-electron chi connectivity index (χ4n) is 2.02. The Kier molecular flexibility index (Phi) is 4.53. The van der Waals surface area contributed by atoms with Crippen molar-refractivity contribution in [2.45, 2.75) is 24.7 Å². The van der Waals surface area contributed by atoms with E-state index in [-0.39, 0.29) is 10.6 Å². The zero-order valence-corrected chi connectivity index (χ0v) is 12.8. The minimum absolute atomic E-state index is 0.0597. The van der Waals surface area contributed by atoms with Crippen LogP contribution >= 0.6 is 0 Å². The lowest BCUT2D eigenvalue weighted by atomic mass is 10.1. The first-order valence-electron chi connectivity index (χ1n) is 6.51. The zero-order valence-electron chi connectivity index (χ0n) is 12.0. The molecule has 1 amide bonds. The van der Waals surface area contributed by atoms with Gasteiger partial charge in [-0.25, -0.2) is 18.5 Å². The van der Waals surface area contributed by atoms with E-state index in [0.29, 0.717) is 24.2 Å². The molecule has 116 valence electrons. The van der Waals surface area contributed by atoms with E-state index in [0.717, 1.165) is 5.56 Å². The summed E-state index contributed by atoms with van der Waals surface area (Å²) in [5, 5.41) is 5.04. The molecular formula is C14H16N4O3S. The number of rotatable bonds is 5. The monoisotopic (exact) mass is 320 g/mol. The van der Waals surface area contributed by atoms with Gasteiger partial charge in [0.1, 0.15) is 5.69 Å². The molecule has 1 aromatic carbocycles. The van der Waals surface area contributed by atoms with Crippen LogP contribution in [0.4, 0.5) is 0 Å². The van der Waals surface area contributed by atoms with E-state index in [1.807, 2.05) is 0 Å². The van der Waals surface area contributed by atoms with Crippen molar-refractivity contribution in [1.82, 2.24) is 9.97 Å². The van der Waals surface area contributed by atoms with Crippen LogP contribution in [0.5, 0.6) is 0 Å². The highest BCUT2D eigenvalue weighted by Crippen LogP contribution is 2.12. The number of nitrogens with two attached hydrogens (primary N) is 2. The third-order valence-electron chi connectivity index (χ3n) is 3.10. The van der Waals surface area contributed by atoms with E-state index in [1.165, 1.54) is 18.3 Å². The lowest BCUT2D eigenvalue weighted by Gasteiger charge is -2.07. The van der Waals surface area contributed by atoms with Gasteiger partial charge in [-0.15, -0.1) is 0 Å². The third kappa shape index (κ3) is 3.86. The van der Waals surface area contributed by atoms with Crippen molar-refractivity contribution in [3.63, 3.8) is 0 Å².